The molecule has 0 aliphatic carbocycles. The van der Waals surface area contributed by atoms with Crippen LogP contribution in [0.25, 0.3) is 0 Å². The number of rotatable bonds is 8. The minimum Gasteiger partial charge on any atom is -0.360 e. The Morgan fingerprint density at radius 2 is 1.85 bits per heavy atom. The molecular formula is C19H29N5O3. The molecule has 8 heteroatoms. The summed E-state index contributed by atoms with van der Waals surface area (Å²) in [4.78, 5) is 39.0. The minimum absolute atomic E-state index is 0.0307. The van der Waals surface area contributed by atoms with E-state index >= 15 is 0 Å². The molecule has 1 aromatic rings. The molecule has 1 aliphatic rings. The van der Waals surface area contributed by atoms with Gasteiger partial charge in [0.1, 0.15) is 0 Å². The van der Waals surface area contributed by atoms with Gasteiger partial charge in [0.15, 0.2) is 0 Å². The second kappa shape index (κ2) is 10.4. The summed E-state index contributed by atoms with van der Waals surface area (Å²) >= 11 is 0. The number of benzene rings is 1. The van der Waals surface area contributed by atoms with E-state index in [4.69, 9.17) is 0 Å². The number of nitrogens with one attached hydrogen (secondary N) is 3. The molecule has 0 bridgehead atoms. The van der Waals surface area contributed by atoms with Crippen LogP contribution in [0.5, 0.6) is 0 Å². The van der Waals surface area contributed by atoms with E-state index in [-0.39, 0.29) is 17.8 Å². The summed E-state index contributed by atoms with van der Waals surface area (Å²) < 4.78 is 0. The van der Waals surface area contributed by atoms with Gasteiger partial charge in [0.2, 0.25) is 11.8 Å². The third-order valence-corrected chi connectivity index (χ3v) is 4.53. The molecule has 0 radical (unpaired) electrons. The Morgan fingerprint density at radius 3 is 2.48 bits per heavy atom. The smallest absolute Gasteiger partial charge is 0.315 e. The lowest BCUT2D eigenvalue weighted by Gasteiger charge is -2.28. The van der Waals surface area contributed by atoms with Crippen LogP contribution in [-0.2, 0) is 16.1 Å². The molecule has 27 heavy (non-hydrogen) atoms. The standard InChI is InChI=1S/C19H29N5O3/c1-3-23(4-2)18(26)9-10-21-19(27)22-13-15-5-7-16(8-6-15)24-12-11-20-17(25)14-24/h5-8H,3-4,9-14H2,1-2H3,(H,20,25)(H2,21,22,27). The summed E-state index contributed by atoms with van der Waals surface area (Å²) in [5.74, 6) is 0.0745. The minimum atomic E-state index is -0.292. The highest BCUT2D eigenvalue weighted by Gasteiger charge is 2.16. The van der Waals surface area contributed by atoms with Crippen molar-refractivity contribution >= 4 is 23.5 Å². The summed E-state index contributed by atoms with van der Waals surface area (Å²) in [6.45, 7) is 7.76. The van der Waals surface area contributed by atoms with E-state index in [1.165, 1.54) is 0 Å². The van der Waals surface area contributed by atoms with Gasteiger partial charge in [0, 0.05) is 51.4 Å². The van der Waals surface area contributed by atoms with E-state index < -0.39 is 0 Å². The number of amides is 4. The van der Waals surface area contributed by atoms with Gasteiger partial charge >= 0.3 is 6.03 Å². The van der Waals surface area contributed by atoms with Crippen molar-refractivity contribution in [2.75, 3.05) is 44.2 Å². The predicted molar refractivity (Wildman–Crippen MR) is 104 cm³/mol. The molecule has 0 unspecified atom stereocenters. The molecule has 1 fully saturated rings. The van der Waals surface area contributed by atoms with E-state index in [1.807, 2.05) is 43.0 Å². The summed E-state index contributed by atoms with van der Waals surface area (Å²) in [6.07, 6.45) is 0.299. The zero-order chi connectivity index (χ0) is 19.6. The molecule has 1 aliphatic heterocycles. The molecule has 2 rings (SSSR count). The lowest BCUT2D eigenvalue weighted by molar-refractivity contribution is -0.130. The SMILES string of the molecule is CCN(CC)C(=O)CCNC(=O)NCc1ccc(N2CCNC(=O)C2)cc1. The fourth-order valence-corrected chi connectivity index (χ4v) is 2.95. The zero-order valence-corrected chi connectivity index (χ0v) is 16.1. The van der Waals surface area contributed by atoms with Crippen molar-refractivity contribution in [2.45, 2.75) is 26.8 Å². The van der Waals surface area contributed by atoms with Crippen molar-refractivity contribution in [3.8, 4) is 0 Å². The third kappa shape index (κ3) is 6.47. The van der Waals surface area contributed by atoms with Crippen LogP contribution in [0.1, 0.15) is 25.8 Å². The Bertz CT molecular complexity index is 643. The topological polar surface area (TPSA) is 93.8 Å². The quantitative estimate of drug-likeness (QED) is 0.623. The van der Waals surface area contributed by atoms with Crippen LogP contribution in [0.4, 0.5) is 10.5 Å². The van der Waals surface area contributed by atoms with Gasteiger partial charge in [-0.1, -0.05) is 12.1 Å². The summed E-state index contributed by atoms with van der Waals surface area (Å²) in [5, 5.41) is 8.29. The number of hydrogen-bond donors (Lipinski definition) is 3. The fraction of sp³-hybridized carbons (Fsp3) is 0.526. The lowest BCUT2D eigenvalue weighted by atomic mass is 10.2. The largest absolute Gasteiger partial charge is 0.360 e. The van der Waals surface area contributed by atoms with Gasteiger partial charge in [0.25, 0.3) is 0 Å². The van der Waals surface area contributed by atoms with Crippen LogP contribution < -0.4 is 20.9 Å². The highest BCUT2D eigenvalue weighted by molar-refractivity contribution is 5.82. The van der Waals surface area contributed by atoms with E-state index in [9.17, 15) is 14.4 Å². The maximum absolute atomic E-state index is 11.9. The molecule has 0 saturated carbocycles. The van der Waals surface area contributed by atoms with Crippen LogP contribution in [0.3, 0.4) is 0 Å². The first-order chi connectivity index (χ1) is 13.0. The Morgan fingerprint density at radius 1 is 1.15 bits per heavy atom. The number of urea groups is 1. The van der Waals surface area contributed by atoms with Gasteiger partial charge in [-0.25, -0.2) is 4.79 Å². The predicted octanol–water partition coefficient (Wildman–Crippen LogP) is 0.681. The first-order valence-corrected chi connectivity index (χ1v) is 9.43. The Labute approximate surface area is 160 Å². The van der Waals surface area contributed by atoms with Crippen molar-refractivity contribution in [1.82, 2.24) is 20.9 Å². The molecule has 8 nitrogen and oxygen atoms in total. The number of hydrogen-bond acceptors (Lipinski definition) is 4. The second-order valence-electron chi connectivity index (χ2n) is 6.36. The van der Waals surface area contributed by atoms with Gasteiger partial charge in [-0.05, 0) is 31.5 Å². The number of piperazine rings is 1. The van der Waals surface area contributed by atoms with E-state index in [0.29, 0.717) is 45.7 Å². The number of nitrogens with zero attached hydrogens (tertiary/aromatic N) is 2. The van der Waals surface area contributed by atoms with Gasteiger partial charge in [-0.3, -0.25) is 9.59 Å². The summed E-state index contributed by atoms with van der Waals surface area (Å²) in [6, 6.07) is 7.49. The zero-order valence-electron chi connectivity index (χ0n) is 16.1. The molecule has 0 spiro atoms. The van der Waals surface area contributed by atoms with Crippen molar-refractivity contribution in [2.24, 2.45) is 0 Å². The average Bonchev–Trinajstić information content (AvgIpc) is 2.68. The Balaban J connectivity index is 1.70. The molecule has 0 atom stereocenters. The van der Waals surface area contributed by atoms with Gasteiger partial charge in [-0.15, -0.1) is 0 Å². The average molecular weight is 375 g/mol. The van der Waals surface area contributed by atoms with Gasteiger partial charge in [-0.2, -0.15) is 0 Å². The summed E-state index contributed by atoms with van der Waals surface area (Å²) in [7, 11) is 0. The van der Waals surface area contributed by atoms with Crippen molar-refractivity contribution in [1.29, 1.82) is 0 Å². The molecule has 3 N–H and O–H groups in total. The van der Waals surface area contributed by atoms with Gasteiger partial charge in [0.05, 0.1) is 6.54 Å². The van der Waals surface area contributed by atoms with E-state index in [1.54, 1.807) is 4.90 Å². The Kier molecular flexibility index (Phi) is 7.91. The van der Waals surface area contributed by atoms with Crippen molar-refractivity contribution in [3.63, 3.8) is 0 Å². The monoisotopic (exact) mass is 375 g/mol. The molecule has 1 aromatic carbocycles. The van der Waals surface area contributed by atoms with Crippen LogP contribution >= 0.6 is 0 Å². The van der Waals surface area contributed by atoms with E-state index in [0.717, 1.165) is 17.8 Å². The molecule has 4 amide bonds. The third-order valence-electron chi connectivity index (χ3n) is 4.53. The second-order valence-corrected chi connectivity index (χ2v) is 6.36. The normalized spacial score (nSPS) is 13.7. The van der Waals surface area contributed by atoms with Crippen LogP contribution in [0.2, 0.25) is 0 Å². The lowest BCUT2D eigenvalue weighted by Crippen LogP contribution is -2.47. The maximum Gasteiger partial charge on any atom is 0.315 e. The number of carbonyl (C=O) groups excluding carboxylic acids is 3. The first-order valence-electron chi connectivity index (χ1n) is 9.43. The van der Waals surface area contributed by atoms with Crippen LogP contribution in [0.15, 0.2) is 24.3 Å². The van der Waals surface area contributed by atoms with Crippen molar-refractivity contribution < 1.29 is 14.4 Å². The fourth-order valence-electron chi connectivity index (χ4n) is 2.95. The first kappa shape index (κ1) is 20.5. The van der Waals surface area contributed by atoms with Gasteiger partial charge < -0.3 is 25.8 Å². The highest BCUT2D eigenvalue weighted by atomic mass is 16.2. The number of carbonyl (C=O) groups is 3. The molecule has 148 valence electrons. The summed E-state index contributed by atoms with van der Waals surface area (Å²) in [5.41, 5.74) is 1.96. The molecular weight excluding hydrogens is 346 g/mol. The Hall–Kier alpha value is -2.77. The van der Waals surface area contributed by atoms with Crippen molar-refractivity contribution in [3.05, 3.63) is 29.8 Å². The van der Waals surface area contributed by atoms with E-state index in [2.05, 4.69) is 16.0 Å². The highest BCUT2D eigenvalue weighted by Crippen LogP contribution is 2.15. The van der Waals surface area contributed by atoms with Crippen LogP contribution in [-0.4, -0.2) is 62.0 Å². The molecule has 1 saturated heterocycles. The molecule has 1 heterocycles. The molecule has 0 aromatic heterocycles. The maximum atomic E-state index is 11.9. The number of anilines is 1. The van der Waals surface area contributed by atoms with Crippen LogP contribution in [0, 0.1) is 0 Å².